The van der Waals surface area contributed by atoms with Gasteiger partial charge in [0.25, 0.3) is 0 Å². The summed E-state index contributed by atoms with van der Waals surface area (Å²) in [5.74, 6) is 0. The number of hydrogen-bond acceptors (Lipinski definition) is 1. The molecule has 0 unspecified atom stereocenters. The van der Waals surface area contributed by atoms with E-state index < -0.39 is 0 Å². The Labute approximate surface area is 101 Å². The van der Waals surface area contributed by atoms with Crippen LogP contribution in [0.2, 0.25) is 0 Å². The molecular formula is C15H28O. The van der Waals surface area contributed by atoms with Crippen molar-refractivity contribution in [2.45, 2.75) is 54.9 Å². The molecular weight excluding hydrogens is 196 g/mol. The lowest BCUT2D eigenvalue weighted by atomic mass is 9.32. The van der Waals surface area contributed by atoms with Crippen LogP contribution in [0.15, 0.2) is 12.8 Å². The van der Waals surface area contributed by atoms with Crippen molar-refractivity contribution >= 4 is 0 Å². The van der Waals surface area contributed by atoms with E-state index in [1.807, 2.05) is 0 Å². The van der Waals surface area contributed by atoms with Gasteiger partial charge in [-0.25, -0.2) is 0 Å². The second kappa shape index (κ2) is 3.51. The van der Waals surface area contributed by atoms with E-state index in [9.17, 15) is 0 Å². The van der Waals surface area contributed by atoms with Crippen LogP contribution in [0.1, 0.15) is 54.9 Å². The molecule has 16 heavy (non-hydrogen) atoms. The molecule has 1 nitrogen and oxygen atoms in total. The zero-order valence-electron chi connectivity index (χ0n) is 12.1. The summed E-state index contributed by atoms with van der Waals surface area (Å²) in [6.07, 6.45) is 2.84. The van der Waals surface area contributed by atoms with Crippen LogP contribution in [0, 0.1) is 21.7 Å². The molecule has 94 valence electrons. The first-order valence-electron chi connectivity index (χ1n) is 6.24. The van der Waals surface area contributed by atoms with Gasteiger partial charge in [0.2, 0.25) is 0 Å². The molecule has 0 atom stereocenters. The van der Waals surface area contributed by atoms with Gasteiger partial charge in [-0.2, -0.15) is 0 Å². The van der Waals surface area contributed by atoms with Gasteiger partial charge >= 0.3 is 0 Å². The van der Waals surface area contributed by atoms with E-state index in [1.165, 1.54) is 6.42 Å². The topological polar surface area (TPSA) is 9.23 Å². The maximum Gasteiger partial charge on any atom is 0.0944 e. The van der Waals surface area contributed by atoms with E-state index >= 15 is 0 Å². The first-order valence-corrected chi connectivity index (χ1v) is 6.24. The van der Waals surface area contributed by atoms with Crippen LogP contribution in [0.3, 0.4) is 0 Å². The van der Waals surface area contributed by atoms with Crippen molar-refractivity contribution in [3.05, 3.63) is 12.8 Å². The lowest BCUT2D eigenvalue weighted by molar-refractivity contribution is -0.262. The highest BCUT2D eigenvalue weighted by Crippen LogP contribution is 2.74. The molecule has 0 aliphatic heterocycles. The summed E-state index contributed by atoms with van der Waals surface area (Å²) in [7, 11) is 0. The molecule has 0 heterocycles. The molecule has 1 heteroatoms. The predicted molar refractivity (Wildman–Crippen MR) is 70.2 cm³/mol. The largest absolute Gasteiger partial charge is 0.501 e. The maximum atomic E-state index is 5.60. The quantitative estimate of drug-likeness (QED) is 0.635. The van der Waals surface area contributed by atoms with E-state index in [1.54, 1.807) is 6.26 Å². The molecule has 1 aliphatic carbocycles. The first kappa shape index (κ1) is 13.6. The fourth-order valence-corrected chi connectivity index (χ4v) is 5.04. The summed E-state index contributed by atoms with van der Waals surface area (Å²) in [4.78, 5) is 0. The molecule has 0 radical (unpaired) electrons. The highest BCUT2D eigenvalue weighted by atomic mass is 16.5. The molecule has 1 rings (SSSR count). The zero-order valence-corrected chi connectivity index (χ0v) is 12.1. The minimum Gasteiger partial charge on any atom is -0.501 e. The van der Waals surface area contributed by atoms with Gasteiger partial charge in [0.1, 0.15) is 0 Å². The van der Waals surface area contributed by atoms with Crippen molar-refractivity contribution in [3.8, 4) is 0 Å². The zero-order chi connectivity index (χ0) is 12.8. The molecule has 0 bridgehead atoms. The Morgan fingerprint density at radius 1 is 1.12 bits per heavy atom. The summed E-state index contributed by atoms with van der Waals surface area (Å²) in [6, 6.07) is 0. The van der Waals surface area contributed by atoms with Gasteiger partial charge in [-0.3, -0.25) is 0 Å². The summed E-state index contributed by atoms with van der Waals surface area (Å²) >= 11 is 0. The van der Waals surface area contributed by atoms with Crippen LogP contribution in [0.25, 0.3) is 0 Å². The molecule has 0 aromatic rings. The Morgan fingerprint density at radius 3 is 1.81 bits per heavy atom. The third kappa shape index (κ3) is 1.51. The fourth-order valence-electron chi connectivity index (χ4n) is 5.04. The lowest BCUT2D eigenvalue weighted by Crippen LogP contribution is -2.68. The van der Waals surface area contributed by atoms with Crippen LogP contribution in [-0.2, 0) is 4.74 Å². The number of ether oxygens (including phenoxy) is 1. The predicted octanol–water partition coefficient (Wildman–Crippen LogP) is 4.64. The van der Waals surface area contributed by atoms with E-state index in [-0.39, 0.29) is 10.8 Å². The number of hydrogen-bond donors (Lipinski definition) is 0. The smallest absolute Gasteiger partial charge is 0.0944 e. The third-order valence-electron chi connectivity index (χ3n) is 4.89. The van der Waals surface area contributed by atoms with Gasteiger partial charge in [0.15, 0.2) is 0 Å². The molecule has 0 N–H and O–H groups in total. The maximum absolute atomic E-state index is 5.60. The van der Waals surface area contributed by atoms with Gasteiger partial charge in [-0.1, -0.05) is 55.0 Å². The average molecular weight is 224 g/mol. The van der Waals surface area contributed by atoms with Crippen molar-refractivity contribution in [1.29, 1.82) is 0 Å². The highest BCUT2D eigenvalue weighted by Gasteiger charge is 2.69. The first-order chi connectivity index (χ1) is 7.02. The highest BCUT2D eigenvalue weighted by molar-refractivity contribution is 5.17. The molecule has 0 saturated heterocycles. The Morgan fingerprint density at radius 2 is 1.56 bits per heavy atom. The SMILES string of the molecule is C=COCC1(C(C)(C)C)C(C)(C)CC1(C)C. The summed E-state index contributed by atoms with van der Waals surface area (Å²) in [5.41, 5.74) is 1.11. The molecule has 0 aromatic carbocycles. The van der Waals surface area contributed by atoms with Gasteiger partial charge < -0.3 is 4.74 Å². The molecule has 1 fully saturated rings. The molecule has 0 aromatic heterocycles. The molecule has 0 amide bonds. The van der Waals surface area contributed by atoms with Gasteiger partial charge in [-0.05, 0) is 22.7 Å². The van der Waals surface area contributed by atoms with Crippen molar-refractivity contribution in [3.63, 3.8) is 0 Å². The third-order valence-corrected chi connectivity index (χ3v) is 4.89. The molecule has 1 saturated carbocycles. The summed E-state index contributed by atoms with van der Waals surface area (Å²) in [6.45, 7) is 20.9. The van der Waals surface area contributed by atoms with Gasteiger partial charge in [0.05, 0.1) is 12.9 Å². The van der Waals surface area contributed by atoms with Crippen molar-refractivity contribution in [2.75, 3.05) is 6.61 Å². The normalized spacial score (nSPS) is 25.7. The van der Waals surface area contributed by atoms with Crippen molar-refractivity contribution in [2.24, 2.45) is 21.7 Å². The van der Waals surface area contributed by atoms with Crippen molar-refractivity contribution < 1.29 is 4.74 Å². The summed E-state index contributed by atoms with van der Waals surface area (Å²) in [5, 5.41) is 0. The Hall–Kier alpha value is -0.460. The van der Waals surface area contributed by atoms with Gasteiger partial charge in [-0.15, -0.1) is 0 Å². The fraction of sp³-hybridized carbons (Fsp3) is 0.867. The monoisotopic (exact) mass is 224 g/mol. The summed E-state index contributed by atoms with van der Waals surface area (Å²) < 4.78 is 5.60. The van der Waals surface area contributed by atoms with E-state index in [0.29, 0.717) is 10.8 Å². The average Bonchev–Trinajstić information content (AvgIpc) is 1.98. The van der Waals surface area contributed by atoms with Crippen molar-refractivity contribution in [1.82, 2.24) is 0 Å². The van der Waals surface area contributed by atoms with Crippen LogP contribution < -0.4 is 0 Å². The van der Waals surface area contributed by atoms with Gasteiger partial charge in [0, 0.05) is 5.41 Å². The molecule has 0 spiro atoms. The van der Waals surface area contributed by atoms with E-state index in [0.717, 1.165) is 6.61 Å². The Bertz CT molecular complexity index is 247. The van der Waals surface area contributed by atoms with Crippen LogP contribution >= 0.6 is 0 Å². The van der Waals surface area contributed by atoms with Crippen LogP contribution in [0.5, 0.6) is 0 Å². The second-order valence-electron chi connectivity index (χ2n) is 7.58. The number of rotatable bonds is 3. The lowest BCUT2D eigenvalue weighted by Gasteiger charge is -2.72. The standard InChI is InChI=1S/C15H28O/c1-9-16-11-15(12(2,3)4)13(5,6)10-14(15,7)8/h9H,1,10-11H2,2-8H3. The van der Waals surface area contributed by atoms with Crippen LogP contribution in [0.4, 0.5) is 0 Å². The van der Waals surface area contributed by atoms with E-state index in [4.69, 9.17) is 4.74 Å². The Balaban J connectivity index is 3.17. The Kier molecular flexibility index (Phi) is 2.99. The van der Waals surface area contributed by atoms with Crippen LogP contribution in [-0.4, -0.2) is 6.61 Å². The van der Waals surface area contributed by atoms with E-state index in [2.05, 4.69) is 55.0 Å². The minimum atomic E-state index is 0.210. The second-order valence-corrected chi connectivity index (χ2v) is 7.58. The molecule has 1 aliphatic rings. The minimum absolute atomic E-state index is 0.210.